The summed E-state index contributed by atoms with van der Waals surface area (Å²) >= 11 is 6.40. The summed E-state index contributed by atoms with van der Waals surface area (Å²) in [6, 6.07) is 5.88. The number of rotatable bonds is 2. The second-order valence-electron chi connectivity index (χ2n) is 2.98. The summed E-state index contributed by atoms with van der Waals surface area (Å²) in [7, 11) is 0. The first kappa shape index (κ1) is 10.9. The van der Waals surface area contributed by atoms with Gasteiger partial charge in [-0.3, -0.25) is 4.79 Å². The zero-order valence-electron chi connectivity index (χ0n) is 7.47. The van der Waals surface area contributed by atoms with E-state index in [0.29, 0.717) is 0 Å². The number of Topliss-reactive ketones (excluding diaryl/α,β-unsaturated/α-hetero) is 1. The van der Waals surface area contributed by atoms with Gasteiger partial charge >= 0.3 is 0 Å². The maximum atomic E-state index is 11.6. The summed E-state index contributed by atoms with van der Waals surface area (Å²) in [5.74, 6) is 0.0706. The number of aryl methyl sites for hydroxylation is 2. The van der Waals surface area contributed by atoms with Crippen LogP contribution in [0.1, 0.15) is 21.5 Å². The minimum Gasteiger partial charge on any atom is -0.292 e. The van der Waals surface area contributed by atoms with Crippen molar-refractivity contribution in [2.45, 2.75) is 17.6 Å². The molecule has 0 aliphatic carbocycles. The Bertz CT molecular complexity index is 332. The zero-order chi connectivity index (χ0) is 10.0. The van der Waals surface area contributed by atoms with Crippen molar-refractivity contribution in [3.05, 3.63) is 34.9 Å². The highest BCUT2D eigenvalue weighted by Crippen LogP contribution is 2.19. The molecule has 0 atom stereocenters. The van der Waals surface area contributed by atoms with E-state index in [1.807, 2.05) is 32.0 Å². The van der Waals surface area contributed by atoms with Gasteiger partial charge in [-0.15, -0.1) is 0 Å². The molecular weight excluding hydrogens is 296 g/mol. The Morgan fingerprint density at radius 2 is 1.92 bits per heavy atom. The second kappa shape index (κ2) is 4.38. The topological polar surface area (TPSA) is 17.1 Å². The third-order valence-electron chi connectivity index (χ3n) is 1.86. The largest absolute Gasteiger partial charge is 0.292 e. The molecule has 13 heavy (non-hydrogen) atoms. The van der Waals surface area contributed by atoms with Crippen molar-refractivity contribution in [2.24, 2.45) is 0 Å². The van der Waals surface area contributed by atoms with Gasteiger partial charge in [0.1, 0.15) is 3.74 Å². The molecule has 1 aromatic carbocycles. The first-order valence-electron chi connectivity index (χ1n) is 3.92. The van der Waals surface area contributed by atoms with Crippen molar-refractivity contribution in [1.29, 1.82) is 0 Å². The third-order valence-corrected chi connectivity index (χ3v) is 2.69. The maximum Gasteiger partial charge on any atom is 0.187 e. The molecule has 0 spiro atoms. The number of hydrogen-bond donors (Lipinski definition) is 0. The van der Waals surface area contributed by atoms with Gasteiger partial charge in [-0.05, 0) is 25.5 Å². The van der Waals surface area contributed by atoms with E-state index in [1.165, 1.54) is 0 Å². The van der Waals surface area contributed by atoms with Gasteiger partial charge in [0, 0.05) is 5.56 Å². The Morgan fingerprint density at radius 1 is 1.31 bits per heavy atom. The van der Waals surface area contributed by atoms with Crippen LogP contribution < -0.4 is 0 Å². The van der Waals surface area contributed by atoms with Gasteiger partial charge in [0.2, 0.25) is 0 Å². The minimum absolute atomic E-state index is 0.0706. The fourth-order valence-electron chi connectivity index (χ4n) is 1.12. The molecule has 0 aliphatic rings. The van der Waals surface area contributed by atoms with E-state index in [0.717, 1.165) is 16.7 Å². The fraction of sp³-hybridized carbons (Fsp3) is 0.300. The van der Waals surface area contributed by atoms with E-state index in [9.17, 15) is 4.79 Å². The Kier molecular flexibility index (Phi) is 3.68. The average Bonchev–Trinajstić information content (AvgIpc) is 2.08. The van der Waals surface area contributed by atoms with E-state index in [4.69, 9.17) is 0 Å². The second-order valence-corrected chi connectivity index (χ2v) is 6.04. The van der Waals surface area contributed by atoms with Crippen LogP contribution in [-0.4, -0.2) is 9.52 Å². The summed E-state index contributed by atoms with van der Waals surface area (Å²) in [6.45, 7) is 3.92. The Hall–Kier alpha value is -0.150. The summed E-state index contributed by atoms with van der Waals surface area (Å²) in [4.78, 5) is 11.6. The Morgan fingerprint density at radius 3 is 2.46 bits per heavy atom. The number of ketones is 1. The van der Waals surface area contributed by atoms with E-state index in [1.54, 1.807) is 0 Å². The molecule has 1 rings (SSSR count). The molecule has 0 heterocycles. The van der Waals surface area contributed by atoms with Crippen LogP contribution in [0, 0.1) is 13.8 Å². The summed E-state index contributed by atoms with van der Waals surface area (Å²) in [5.41, 5.74) is 2.90. The lowest BCUT2D eigenvalue weighted by molar-refractivity contribution is 0.101. The summed E-state index contributed by atoms with van der Waals surface area (Å²) in [5, 5.41) is 0. The molecule has 0 N–H and O–H groups in total. The minimum atomic E-state index is -0.291. The molecule has 0 bridgehead atoms. The van der Waals surface area contributed by atoms with Crippen LogP contribution in [-0.2, 0) is 0 Å². The average molecular weight is 306 g/mol. The predicted molar refractivity (Wildman–Crippen MR) is 61.9 cm³/mol. The van der Waals surface area contributed by atoms with Crippen LogP contribution in [0.5, 0.6) is 0 Å². The van der Waals surface area contributed by atoms with Crippen LogP contribution in [0.2, 0.25) is 0 Å². The number of alkyl halides is 2. The third kappa shape index (κ3) is 2.64. The molecule has 0 radical (unpaired) electrons. The van der Waals surface area contributed by atoms with Crippen LogP contribution in [0.15, 0.2) is 18.2 Å². The van der Waals surface area contributed by atoms with Gasteiger partial charge < -0.3 is 0 Å². The smallest absolute Gasteiger partial charge is 0.187 e. The van der Waals surface area contributed by atoms with Gasteiger partial charge in [-0.2, -0.15) is 0 Å². The standard InChI is InChI=1S/C10H10Br2O/c1-6-3-4-7(2)8(5-6)9(13)10(11)12/h3-5,10H,1-2H3. The lowest BCUT2D eigenvalue weighted by atomic mass is 10.0. The van der Waals surface area contributed by atoms with Crippen molar-refractivity contribution in [2.75, 3.05) is 0 Å². The Labute approximate surface area is 94.8 Å². The molecule has 0 unspecified atom stereocenters. The Balaban J connectivity index is 3.13. The van der Waals surface area contributed by atoms with E-state index >= 15 is 0 Å². The first-order valence-corrected chi connectivity index (χ1v) is 5.75. The van der Waals surface area contributed by atoms with Gasteiger partial charge in [0.25, 0.3) is 0 Å². The summed E-state index contributed by atoms with van der Waals surface area (Å²) in [6.07, 6.45) is 0. The normalized spacial score (nSPS) is 10.5. The first-order chi connectivity index (χ1) is 6.02. The highest BCUT2D eigenvalue weighted by atomic mass is 79.9. The van der Waals surface area contributed by atoms with Crippen molar-refractivity contribution in [1.82, 2.24) is 0 Å². The fourth-order valence-corrected chi connectivity index (χ4v) is 1.61. The molecule has 0 saturated carbocycles. The zero-order valence-corrected chi connectivity index (χ0v) is 10.6. The quantitative estimate of drug-likeness (QED) is 0.603. The monoisotopic (exact) mass is 304 g/mol. The van der Waals surface area contributed by atoms with Crippen molar-refractivity contribution in [3.8, 4) is 0 Å². The van der Waals surface area contributed by atoms with Crippen LogP contribution in [0.4, 0.5) is 0 Å². The number of benzene rings is 1. The molecular formula is C10H10Br2O. The molecule has 1 aromatic rings. The van der Waals surface area contributed by atoms with E-state index in [2.05, 4.69) is 31.9 Å². The molecule has 0 aromatic heterocycles. The summed E-state index contributed by atoms with van der Waals surface area (Å²) < 4.78 is -0.291. The molecule has 70 valence electrons. The van der Waals surface area contributed by atoms with Crippen molar-refractivity contribution >= 4 is 37.6 Å². The molecule has 0 fully saturated rings. The molecule has 1 nitrogen and oxygen atoms in total. The van der Waals surface area contributed by atoms with Gasteiger partial charge in [-0.1, -0.05) is 49.6 Å². The van der Waals surface area contributed by atoms with E-state index in [-0.39, 0.29) is 9.52 Å². The van der Waals surface area contributed by atoms with Crippen molar-refractivity contribution < 1.29 is 4.79 Å². The number of halogens is 2. The number of carbonyl (C=O) groups is 1. The molecule has 3 heteroatoms. The lowest BCUT2D eigenvalue weighted by Crippen LogP contribution is -2.09. The highest BCUT2D eigenvalue weighted by molar-refractivity contribution is 9.25. The number of carbonyl (C=O) groups excluding carboxylic acids is 1. The van der Waals surface area contributed by atoms with Gasteiger partial charge in [0.15, 0.2) is 5.78 Å². The molecule has 0 amide bonds. The molecule has 0 aliphatic heterocycles. The van der Waals surface area contributed by atoms with E-state index < -0.39 is 0 Å². The van der Waals surface area contributed by atoms with Crippen molar-refractivity contribution in [3.63, 3.8) is 0 Å². The van der Waals surface area contributed by atoms with Gasteiger partial charge in [-0.25, -0.2) is 0 Å². The number of hydrogen-bond acceptors (Lipinski definition) is 1. The molecule has 0 saturated heterocycles. The van der Waals surface area contributed by atoms with Crippen LogP contribution >= 0.6 is 31.9 Å². The maximum absolute atomic E-state index is 11.6. The SMILES string of the molecule is Cc1ccc(C)c(C(=O)C(Br)Br)c1. The lowest BCUT2D eigenvalue weighted by Gasteiger charge is -2.06. The van der Waals surface area contributed by atoms with Crippen LogP contribution in [0.3, 0.4) is 0 Å². The van der Waals surface area contributed by atoms with Crippen LogP contribution in [0.25, 0.3) is 0 Å². The highest BCUT2D eigenvalue weighted by Gasteiger charge is 2.15. The predicted octanol–water partition coefficient (Wildman–Crippen LogP) is 3.60. The van der Waals surface area contributed by atoms with Gasteiger partial charge in [0.05, 0.1) is 0 Å².